The van der Waals surface area contributed by atoms with Crippen molar-refractivity contribution in [2.75, 3.05) is 19.6 Å². The molecule has 0 aliphatic carbocycles. The Morgan fingerprint density at radius 2 is 1.78 bits per heavy atom. The highest BCUT2D eigenvalue weighted by Crippen LogP contribution is 2.29. The van der Waals surface area contributed by atoms with E-state index in [1.165, 1.54) is 48.9 Å². The van der Waals surface area contributed by atoms with Gasteiger partial charge in [0.2, 0.25) is 0 Å². The lowest BCUT2D eigenvalue weighted by Gasteiger charge is -2.32. The van der Waals surface area contributed by atoms with Crippen LogP contribution in [0.15, 0.2) is 28.7 Å². The van der Waals surface area contributed by atoms with Crippen LogP contribution in [0, 0.1) is 5.92 Å². The van der Waals surface area contributed by atoms with Crippen LogP contribution in [0.4, 0.5) is 0 Å². The Hall–Kier alpha value is -0.340. The molecule has 18 heavy (non-hydrogen) atoms. The Morgan fingerprint density at radius 3 is 2.33 bits per heavy atom. The molecule has 2 heteroatoms. The molecule has 2 rings (SSSR count). The largest absolute Gasteiger partial charge is 0.303 e. The highest BCUT2D eigenvalue weighted by Gasteiger charge is 2.20. The molecular formula is C16H24BrN. The van der Waals surface area contributed by atoms with E-state index >= 15 is 0 Å². The summed E-state index contributed by atoms with van der Waals surface area (Å²) >= 11 is 3.50. The van der Waals surface area contributed by atoms with Gasteiger partial charge in [-0.25, -0.2) is 0 Å². The number of piperidine rings is 1. The van der Waals surface area contributed by atoms with E-state index in [0.717, 1.165) is 11.8 Å². The van der Waals surface area contributed by atoms with Crippen molar-refractivity contribution in [1.82, 2.24) is 4.90 Å². The number of hydrogen-bond acceptors (Lipinski definition) is 1. The smallest absolute Gasteiger partial charge is 0.0175 e. The summed E-state index contributed by atoms with van der Waals surface area (Å²) in [7, 11) is 0. The summed E-state index contributed by atoms with van der Waals surface area (Å²) in [6.45, 7) is 8.45. The van der Waals surface area contributed by atoms with Crippen LogP contribution in [-0.2, 0) is 0 Å². The van der Waals surface area contributed by atoms with Gasteiger partial charge in [0.1, 0.15) is 0 Å². The molecule has 0 aromatic heterocycles. The predicted molar refractivity (Wildman–Crippen MR) is 82.0 cm³/mol. The normalized spacial score (nSPS) is 18.4. The maximum absolute atomic E-state index is 3.50. The molecule has 0 bridgehead atoms. The monoisotopic (exact) mass is 309 g/mol. The number of nitrogens with zero attached hydrogens (tertiary/aromatic N) is 1. The topological polar surface area (TPSA) is 3.24 Å². The molecule has 1 aliphatic heterocycles. The van der Waals surface area contributed by atoms with Crippen molar-refractivity contribution in [3.63, 3.8) is 0 Å². The van der Waals surface area contributed by atoms with Gasteiger partial charge in [-0.15, -0.1) is 0 Å². The van der Waals surface area contributed by atoms with E-state index in [1.807, 2.05) is 0 Å². The van der Waals surface area contributed by atoms with Crippen molar-refractivity contribution in [3.8, 4) is 0 Å². The lowest BCUT2D eigenvalue weighted by atomic mass is 9.89. The van der Waals surface area contributed by atoms with Crippen molar-refractivity contribution in [2.24, 2.45) is 5.92 Å². The minimum absolute atomic E-state index is 0.772. The zero-order valence-electron chi connectivity index (χ0n) is 11.5. The Morgan fingerprint density at radius 1 is 1.17 bits per heavy atom. The van der Waals surface area contributed by atoms with Crippen LogP contribution in [-0.4, -0.2) is 24.5 Å². The number of likely N-dealkylation sites (tertiary alicyclic amines) is 1. The fourth-order valence-corrected chi connectivity index (χ4v) is 2.93. The summed E-state index contributed by atoms with van der Waals surface area (Å²) in [6, 6.07) is 8.89. The summed E-state index contributed by atoms with van der Waals surface area (Å²) in [5.41, 5.74) is 1.52. The summed E-state index contributed by atoms with van der Waals surface area (Å²) in [4.78, 5) is 2.63. The van der Waals surface area contributed by atoms with Gasteiger partial charge >= 0.3 is 0 Å². The highest BCUT2D eigenvalue weighted by molar-refractivity contribution is 9.10. The van der Waals surface area contributed by atoms with Gasteiger partial charge in [0.25, 0.3) is 0 Å². The van der Waals surface area contributed by atoms with E-state index in [2.05, 4.69) is 58.9 Å². The molecule has 1 fully saturated rings. The summed E-state index contributed by atoms with van der Waals surface area (Å²) in [6.07, 6.45) is 3.97. The molecule has 1 heterocycles. The molecule has 0 atom stereocenters. The maximum Gasteiger partial charge on any atom is 0.0175 e. The van der Waals surface area contributed by atoms with Crippen molar-refractivity contribution < 1.29 is 0 Å². The number of benzene rings is 1. The Balaban J connectivity index is 1.81. The number of halogens is 1. The molecule has 1 aromatic carbocycles. The van der Waals surface area contributed by atoms with Gasteiger partial charge in [0.15, 0.2) is 0 Å². The highest BCUT2D eigenvalue weighted by atomic mass is 79.9. The zero-order chi connectivity index (χ0) is 13.0. The second-order valence-electron chi connectivity index (χ2n) is 5.85. The van der Waals surface area contributed by atoms with Gasteiger partial charge in [-0.05, 0) is 68.4 Å². The Labute approximate surface area is 120 Å². The molecule has 0 spiro atoms. The average Bonchev–Trinajstić information content (AvgIpc) is 2.38. The average molecular weight is 310 g/mol. The van der Waals surface area contributed by atoms with Gasteiger partial charge in [-0.1, -0.05) is 41.9 Å². The minimum atomic E-state index is 0.772. The van der Waals surface area contributed by atoms with Crippen molar-refractivity contribution in [3.05, 3.63) is 34.3 Å². The summed E-state index contributed by atoms with van der Waals surface area (Å²) in [5.74, 6) is 1.60. The first-order valence-electron chi connectivity index (χ1n) is 7.13. The molecule has 0 N–H and O–H groups in total. The molecular weight excluding hydrogens is 286 g/mol. The van der Waals surface area contributed by atoms with Gasteiger partial charge in [0.05, 0.1) is 0 Å². The van der Waals surface area contributed by atoms with Crippen LogP contribution in [0.2, 0.25) is 0 Å². The van der Waals surface area contributed by atoms with Crippen molar-refractivity contribution in [1.29, 1.82) is 0 Å². The molecule has 0 unspecified atom stereocenters. The first-order valence-corrected chi connectivity index (χ1v) is 7.92. The molecule has 1 nitrogen and oxygen atoms in total. The van der Waals surface area contributed by atoms with Gasteiger partial charge in [-0.2, -0.15) is 0 Å². The van der Waals surface area contributed by atoms with E-state index < -0.39 is 0 Å². The summed E-state index contributed by atoms with van der Waals surface area (Å²) < 4.78 is 1.18. The quantitative estimate of drug-likeness (QED) is 0.781. The van der Waals surface area contributed by atoms with E-state index in [-0.39, 0.29) is 0 Å². The fraction of sp³-hybridized carbons (Fsp3) is 0.625. The van der Waals surface area contributed by atoms with Gasteiger partial charge in [0, 0.05) is 4.47 Å². The molecule has 100 valence electrons. The third-order valence-electron chi connectivity index (χ3n) is 3.95. The predicted octanol–water partition coefficient (Wildman–Crippen LogP) is 4.67. The fourth-order valence-electron chi connectivity index (χ4n) is 2.67. The molecule has 0 radical (unpaired) electrons. The van der Waals surface area contributed by atoms with Crippen molar-refractivity contribution in [2.45, 2.75) is 39.0 Å². The van der Waals surface area contributed by atoms with E-state index in [1.54, 1.807) is 0 Å². The molecule has 0 saturated carbocycles. The standard InChI is InChI=1S/C16H24BrN/c1-13(2)7-10-18-11-8-15(9-12-18)14-3-5-16(17)6-4-14/h3-6,13,15H,7-12H2,1-2H3. The third kappa shape index (κ3) is 4.10. The third-order valence-corrected chi connectivity index (χ3v) is 4.48. The lowest BCUT2D eigenvalue weighted by molar-refractivity contribution is 0.202. The second-order valence-corrected chi connectivity index (χ2v) is 6.77. The van der Waals surface area contributed by atoms with Crippen LogP contribution < -0.4 is 0 Å². The van der Waals surface area contributed by atoms with E-state index in [0.29, 0.717) is 0 Å². The minimum Gasteiger partial charge on any atom is -0.303 e. The van der Waals surface area contributed by atoms with Crippen LogP contribution in [0.3, 0.4) is 0 Å². The summed E-state index contributed by atoms with van der Waals surface area (Å²) in [5, 5.41) is 0. The first-order chi connectivity index (χ1) is 8.65. The second kappa shape index (κ2) is 6.72. The van der Waals surface area contributed by atoms with Crippen LogP contribution in [0.1, 0.15) is 44.6 Å². The van der Waals surface area contributed by atoms with Gasteiger partial charge in [-0.3, -0.25) is 0 Å². The molecule has 1 saturated heterocycles. The Kier molecular flexibility index (Phi) is 5.25. The lowest BCUT2D eigenvalue weighted by Crippen LogP contribution is -2.34. The maximum atomic E-state index is 3.50. The Bertz CT molecular complexity index is 350. The van der Waals surface area contributed by atoms with Crippen LogP contribution in [0.5, 0.6) is 0 Å². The van der Waals surface area contributed by atoms with Crippen LogP contribution in [0.25, 0.3) is 0 Å². The van der Waals surface area contributed by atoms with Gasteiger partial charge < -0.3 is 4.90 Å². The SMILES string of the molecule is CC(C)CCN1CCC(c2ccc(Br)cc2)CC1. The van der Waals surface area contributed by atoms with E-state index in [4.69, 9.17) is 0 Å². The molecule has 0 amide bonds. The van der Waals surface area contributed by atoms with Crippen LogP contribution >= 0.6 is 15.9 Å². The molecule has 1 aromatic rings. The first kappa shape index (κ1) is 14.1. The number of hydrogen-bond donors (Lipinski definition) is 0. The zero-order valence-corrected chi connectivity index (χ0v) is 13.1. The van der Waals surface area contributed by atoms with E-state index in [9.17, 15) is 0 Å². The van der Waals surface area contributed by atoms with Crippen molar-refractivity contribution >= 4 is 15.9 Å². The molecule has 1 aliphatic rings. The number of rotatable bonds is 4.